The molecule has 0 aliphatic heterocycles. The zero-order chi connectivity index (χ0) is 25.0. The van der Waals surface area contributed by atoms with Gasteiger partial charge in [-0.2, -0.15) is 0 Å². The van der Waals surface area contributed by atoms with Crippen LogP contribution in [0.1, 0.15) is 92.4 Å². The maximum atomic E-state index is 13.8. The second kappa shape index (κ2) is 9.06. The monoisotopic (exact) mass is 468 g/mol. The summed E-state index contributed by atoms with van der Waals surface area (Å²) >= 11 is 0. The van der Waals surface area contributed by atoms with E-state index in [4.69, 9.17) is 4.74 Å². The molecule has 0 aromatic carbocycles. The van der Waals surface area contributed by atoms with E-state index in [-0.39, 0.29) is 28.6 Å². The Kier molecular flexibility index (Phi) is 6.76. The fraction of sp³-hybridized carbons (Fsp3) is 0.767. The number of ether oxygens (including phenoxy) is 1. The zero-order valence-electron chi connectivity index (χ0n) is 22.2. The number of rotatable bonds is 6. The Hall–Kier alpha value is -1.71. The highest BCUT2D eigenvalue weighted by molar-refractivity contribution is 6.00. The molecule has 4 aliphatic carbocycles. The van der Waals surface area contributed by atoms with E-state index in [0.717, 1.165) is 43.3 Å². The molecular formula is C30H44O4. The number of allylic oxidation sites excluding steroid dienone is 2. The van der Waals surface area contributed by atoms with Crippen molar-refractivity contribution >= 4 is 17.5 Å². The summed E-state index contributed by atoms with van der Waals surface area (Å²) in [6.45, 7) is 15.1. The number of methoxy groups -OCH3 is 1. The maximum Gasteiger partial charge on any atom is 0.312 e. The predicted octanol–water partition coefficient (Wildman–Crippen LogP) is 6.49. The van der Waals surface area contributed by atoms with Crippen molar-refractivity contribution in [2.45, 2.75) is 92.4 Å². The van der Waals surface area contributed by atoms with Crippen LogP contribution in [0.2, 0.25) is 0 Å². The molecule has 4 rings (SSSR count). The lowest BCUT2D eigenvalue weighted by molar-refractivity contribution is -0.143. The molecule has 4 nitrogen and oxygen atoms in total. The zero-order valence-corrected chi connectivity index (χ0v) is 22.2. The van der Waals surface area contributed by atoms with Crippen molar-refractivity contribution < 1.29 is 19.1 Å². The van der Waals surface area contributed by atoms with Gasteiger partial charge in [0.25, 0.3) is 0 Å². The van der Waals surface area contributed by atoms with Gasteiger partial charge in [-0.3, -0.25) is 14.4 Å². The lowest BCUT2D eigenvalue weighted by Crippen LogP contribution is -2.50. The molecule has 0 aromatic rings. The van der Waals surface area contributed by atoms with Gasteiger partial charge in [0.1, 0.15) is 5.78 Å². The van der Waals surface area contributed by atoms with E-state index in [9.17, 15) is 14.4 Å². The summed E-state index contributed by atoms with van der Waals surface area (Å²) in [6.07, 6.45) is 8.31. The Balaban J connectivity index is 1.54. The normalized spacial score (nSPS) is 39.1. The van der Waals surface area contributed by atoms with Crippen LogP contribution in [0.5, 0.6) is 0 Å². The highest BCUT2D eigenvalue weighted by Crippen LogP contribution is 2.65. The predicted molar refractivity (Wildman–Crippen MR) is 134 cm³/mol. The molecule has 0 amide bonds. The molecule has 2 fully saturated rings. The van der Waals surface area contributed by atoms with Gasteiger partial charge in [-0.05, 0) is 86.4 Å². The number of hydrogen-bond acceptors (Lipinski definition) is 4. The van der Waals surface area contributed by atoms with Gasteiger partial charge in [0.2, 0.25) is 0 Å². The molecule has 34 heavy (non-hydrogen) atoms. The van der Waals surface area contributed by atoms with Crippen LogP contribution in [0.4, 0.5) is 0 Å². The third kappa shape index (κ3) is 3.84. The molecule has 188 valence electrons. The lowest BCUT2D eigenvalue weighted by atomic mass is 9.48. The summed E-state index contributed by atoms with van der Waals surface area (Å²) in [5.41, 5.74) is 3.43. The first-order chi connectivity index (χ1) is 16.0. The smallest absolute Gasteiger partial charge is 0.312 e. The van der Waals surface area contributed by atoms with Crippen molar-refractivity contribution in [1.29, 1.82) is 0 Å². The van der Waals surface area contributed by atoms with E-state index < -0.39 is 0 Å². The third-order valence-corrected chi connectivity index (χ3v) is 10.9. The Morgan fingerprint density at radius 1 is 1.15 bits per heavy atom. The largest absolute Gasteiger partial charge is 0.469 e. The molecule has 0 heterocycles. The molecule has 8 atom stereocenters. The summed E-state index contributed by atoms with van der Waals surface area (Å²) in [5.74, 6) is 2.14. The van der Waals surface area contributed by atoms with Crippen LogP contribution in [0, 0.1) is 46.3 Å². The van der Waals surface area contributed by atoms with Gasteiger partial charge in [-0.25, -0.2) is 0 Å². The molecule has 4 aliphatic rings. The molecule has 4 heteroatoms. The highest BCUT2D eigenvalue weighted by Gasteiger charge is 2.59. The van der Waals surface area contributed by atoms with E-state index in [1.54, 1.807) is 0 Å². The van der Waals surface area contributed by atoms with Crippen LogP contribution >= 0.6 is 0 Å². The quantitative estimate of drug-likeness (QED) is 0.330. The van der Waals surface area contributed by atoms with E-state index >= 15 is 0 Å². The molecule has 0 N–H and O–H groups in total. The molecule has 0 bridgehead atoms. The molecule has 0 aromatic heterocycles. The standard InChI is InChI=1S/C30H44O4/c1-17(19(3)28(33)34-7)8-9-18(2)22-12-13-24-21-10-11-23-20(4)25(31)14-15-29(23,5)27(21)26(32)16-30(22,24)6/h18-20,22-24H,1,8-16H2,2-7H3/t18-,19+,20+,22-,23+,24+,29+,30-/m1/s1. The fourth-order valence-corrected chi connectivity index (χ4v) is 8.73. The topological polar surface area (TPSA) is 60.4 Å². The summed E-state index contributed by atoms with van der Waals surface area (Å²) < 4.78 is 4.89. The first kappa shape index (κ1) is 25.4. The van der Waals surface area contributed by atoms with Gasteiger partial charge in [-0.1, -0.05) is 45.4 Å². The van der Waals surface area contributed by atoms with Crippen molar-refractivity contribution in [2.24, 2.45) is 46.3 Å². The Labute approximate surface area is 206 Å². The molecule has 0 spiro atoms. The third-order valence-electron chi connectivity index (χ3n) is 10.9. The average molecular weight is 469 g/mol. The Bertz CT molecular complexity index is 928. The van der Waals surface area contributed by atoms with E-state index in [1.807, 2.05) is 6.92 Å². The number of fused-ring (bicyclic) bond motifs is 4. The average Bonchev–Trinajstić information content (AvgIpc) is 3.15. The second-order valence-corrected chi connectivity index (χ2v) is 12.5. The van der Waals surface area contributed by atoms with Crippen LogP contribution in [0.15, 0.2) is 23.3 Å². The molecule has 2 saturated carbocycles. The lowest BCUT2D eigenvalue weighted by Gasteiger charge is -2.54. The van der Waals surface area contributed by atoms with Gasteiger partial charge < -0.3 is 4.74 Å². The van der Waals surface area contributed by atoms with Gasteiger partial charge >= 0.3 is 5.97 Å². The number of esters is 1. The molecular weight excluding hydrogens is 424 g/mol. The minimum Gasteiger partial charge on any atom is -0.469 e. The maximum absolute atomic E-state index is 13.8. The number of Topliss-reactive ketones (excluding diaryl/α,β-unsaturated/α-hetero) is 2. The summed E-state index contributed by atoms with van der Waals surface area (Å²) in [6, 6.07) is 0. The van der Waals surface area contributed by atoms with Gasteiger partial charge in [0.05, 0.1) is 13.0 Å². The van der Waals surface area contributed by atoms with Crippen LogP contribution in [-0.2, 0) is 19.1 Å². The number of carbonyl (C=O) groups excluding carboxylic acids is 3. The van der Waals surface area contributed by atoms with Crippen LogP contribution in [-0.4, -0.2) is 24.6 Å². The van der Waals surface area contributed by atoms with Gasteiger partial charge in [0, 0.05) is 24.3 Å². The SMILES string of the molecule is C=C(CC[C@@H](C)[C@H]1CC[C@H]2C3=C(C(=O)C[C@]12C)[C@@]1(C)CCC(=O)[C@@H](C)[C@@H]1CC3)[C@H](C)C(=O)OC. The number of ketones is 2. The summed E-state index contributed by atoms with van der Waals surface area (Å²) in [4.78, 5) is 38.2. The van der Waals surface area contributed by atoms with Crippen molar-refractivity contribution in [1.82, 2.24) is 0 Å². The van der Waals surface area contributed by atoms with Crippen molar-refractivity contribution in [2.75, 3.05) is 7.11 Å². The van der Waals surface area contributed by atoms with Crippen molar-refractivity contribution in [3.8, 4) is 0 Å². The minimum absolute atomic E-state index is 0.0178. The highest BCUT2D eigenvalue weighted by atomic mass is 16.5. The molecule has 0 saturated heterocycles. The first-order valence-corrected chi connectivity index (χ1v) is 13.5. The van der Waals surface area contributed by atoms with Crippen molar-refractivity contribution in [3.05, 3.63) is 23.3 Å². The van der Waals surface area contributed by atoms with Crippen LogP contribution in [0.3, 0.4) is 0 Å². The Morgan fingerprint density at radius 2 is 1.85 bits per heavy atom. The van der Waals surface area contributed by atoms with Crippen molar-refractivity contribution in [3.63, 3.8) is 0 Å². The minimum atomic E-state index is -0.270. The number of hydrogen-bond donors (Lipinski definition) is 0. The van der Waals surface area contributed by atoms with E-state index in [2.05, 4.69) is 34.3 Å². The summed E-state index contributed by atoms with van der Waals surface area (Å²) in [7, 11) is 1.43. The number of carbonyl (C=O) groups is 3. The van der Waals surface area contributed by atoms with Crippen LogP contribution < -0.4 is 0 Å². The van der Waals surface area contributed by atoms with E-state index in [1.165, 1.54) is 25.5 Å². The second-order valence-electron chi connectivity index (χ2n) is 12.5. The molecule has 0 radical (unpaired) electrons. The molecule has 0 unspecified atom stereocenters. The van der Waals surface area contributed by atoms with Crippen LogP contribution in [0.25, 0.3) is 0 Å². The Morgan fingerprint density at radius 3 is 2.53 bits per heavy atom. The van der Waals surface area contributed by atoms with E-state index in [0.29, 0.717) is 48.1 Å². The fourth-order valence-electron chi connectivity index (χ4n) is 8.73. The van der Waals surface area contributed by atoms with Gasteiger partial charge in [-0.15, -0.1) is 0 Å². The first-order valence-electron chi connectivity index (χ1n) is 13.5. The van der Waals surface area contributed by atoms with Gasteiger partial charge in [0.15, 0.2) is 5.78 Å². The summed E-state index contributed by atoms with van der Waals surface area (Å²) in [5, 5.41) is 0.